The highest BCUT2D eigenvalue weighted by atomic mass is 16.1. The van der Waals surface area contributed by atoms with Crippen molar-refractivity contribution in [3.63, 3.8) is 0 Å². The Labute approximate surface area is 175 Å². The topological polar surface area (TPSA) is 117 Å². The Hall–Kier alpha value is -4.45. The molecule has 0 fully saturated rings. The van der Waals surface area contributed by atoms with Crippen molar-refractivity contribution in [2.45, 2.75) is 6.04 Å². The van der Waals surface area contributed by atoms with Crippen molar-refractivity contribution >= 4 is 39.4 Å². The maximum Gasteiger partial charge on any atom is 0.335 e. The normalized spacial score (nSPS) is 18.3. The minimum absolute atomic E-state index is 0.0583. The van der Waals surface area contributed by atoms with E-state index in [0.717, 1.165) is 5.56 Å². The summed E-state index contributed by atoms with van der Waals surface area (Å²) in [6.07, 6.45) is 0. The second-order valence-electron chi connectivity index (χ2n) is 7.58. The molecular formula is C22H16N8O. The number of rotatable bonds is 1. The summed E-state index contributed by atoms with van der Waals surface area (Å²) >= 11 is 0. The fraction of sp³-hybridized carbons (Fsp3) is 0.136. The van der Waals surface area contributed by atoms with Gasteiger partial charge in [-0.05, 0) is 17.7 Å². The molecule has 2 N–H and O–H groups in total. The molecule has 9 heteroatoms. The zero-order chi connectivity index (χ0) is 21.3. The van der Waals surface area contributed by atoms with Crippen LogP contribution < -0.4 is 11.0 Å². The zero-order valence-electron chi connectivity index (χ0n) is 16.4. The van der Waals surface area contributed by atoms with Crippen molar-refractivity contribution in [3.8, 4) is 6.07 Å². The van der Waals surface area contributed by atoms with Gasteiger partial charge in [-0.1, -0.05) is 42.5 Å². The Bertz CT molecular complexity index is 1630. The van der Waals surface area contributed by atoms with Crippen LogP contribution in [0, 0.1) is 22.7 Å². The van der Waals surface area contributed by atoms with Crippen molar-refractivity contribution in [2.75, 3.05) is 5.32 Å². The number of imidazole rings is 1. The number of aryl methyl sites for hydroxylation is 1. The molecule has 0 spiro atoms. The van der Waals surface area contributed by atoms with E-state index >= 15 is 0 Å². The van der Waals surface area contributed by atoms with Crippen LogP contribution in [-0.2, 0) is 7.05 Å². The van der Waals surface area contributed by atoms with Crippen molar-refractivity contribution in [3.05, 3.63) is 70.6 Å². The first-order valence-electron chi connectivity index (χ1n) is 9.79. The van der Waals surface area contributed by atoms with Gasteiger partial charge in [-0.15, -0.1) is 5.10 Å². The number of anilines is 1. The molecule has 0 saturated heterocycles. The molecular weight excluding hydrogens is 392 g/mol. The molecule has 2 aromatic carbocycles. The second kappa shape index (κ2) is 6.03. The molecule has 6 rings (SSSR count). The molecule has 4 heterocycles. The Morgan fingerprint density at radius 1 is 1.10 bits per heavy atom. The minimum Gasteiger partial charge on any atom is -0.361 e. The lowest BCUT2D eigenvalue weighted by Crippen LogP contribution is -2.37. The highest BCUT2D eigenvalue weighted by Crippen LogP contribution is 2.38. The van der Waals surface area contributed by atoms with Crippen molar-refractivity contribution in [2.24, 2.45) is 13.0 Å². The summed E-state index contributed by atoms with van der Waals surface area (Å²) in [6.45, 7) is 0. The average molecular weight is 408 g/mol. The highest BCUT2D eigenvalue weighted by Gasteiger charge is 2.37. The number of para-hydroxylation sites is 2. The fourth-order valence-corrected chi connectivity index (χ4v) is 4.37. The second-order valence-corrected chi connectivity index (χ2v) is 7.58. The molecule has 0 bridgehead atoms. The number of nitriles is 1. The first kappa shape index (κ1) is 17.4. The van der Waals surface area contributed by atoms with Gasteiger partial charge in [0.1, 0.15) is 23.0 Å². The van der Waals surface area contributed by atoms with Gasteiger partial charge in [0.25, 0.3) is 0 Å². The summed E-state index contributed by atoms with van der Waals surface area (Å²) in [5.41, 5.74) is 2.92. The predicted octanol–water partition coefficient (Wildman–Crippen LogP) is 2.67. The number of nitrogens with one attached hydrogen (secondary N) is 2. The lowest BCUT2D eigenvalue weighted by atomic mass is 9.91. The summed E-state index contributed by atoms with van der Waals surface area (Å²) in [5, 5.41) is 27.1. The highest BCUT2D eigenvalue weighted by molar-refractivity contribution is 6.07. The fourth-order valence-electron chi connectivity index (χ4n) is 4.37. The lowest BCUT2D eigenvalue weighted by Gasteiger charge is -2.30. The molecule has 0 saturated carbocycles. The minimum atomic E-state index is -0.740. The van der Waals surface area contributed by atoms with E-state index in [9.17, 15) is 10.1 Å². The maximum atomic E-state index is 13.1. The molecule has 31 heavy (non-hydrogen) atoms. The third kappa shape index (κ3) is 2.18. The van der Waals surface area contributed by atoms with Crippen LogP contribution in [0.5, 0.6) is 0 Å². The van der Waals surface area contributed by atoms with Crippen LogP contribution >= 0.6 is 0 Å². The number of nitrogens with zero attached hydrogens (tertiary/aromatic N) is 6. The van der Waals surface area contributed by atoms with Crippen molar-refractivity contribution < 1.29 is 0 Å². The van der Waals surface area contributed by atoms with Gasteiger partial charge in [0.2, 0.25) is 0 Å². The number of hydrogen-bond donors (Lipinski definition) is 2. The van der Waals surface area contributed by atoms with E-state index in [1.165, 1.54) is 9.25 Å². The molecule has 9 nitrogen and oxygen atoms in total. The summed E-state index contributed by atoms with van der Waals surface area (Å²) < 4.78 is 4.44. The molecule has 2 unspecified atom stereocenters. The van der Waals surface area contributed by atoms with Gasteiger partial charge in [0.05, 0.1) is 23.1 Å². The maximum absolute atomic E-state index is 13.1. The van der Waals surface area contributed by atoms with Gasteiger partial charge < -0.3 is 5.32 Å². The molecule has 0 amide bonds. The van der Waals surface area contributed by atoms with Crippen LogP contribution in [0.2, 0.25) is 0 Å². The summed E-state index contributed by atoms with van der Waals surface area (Å²) in [5.74, 6) is -0.129. The van der Waals surface area contributed by atoms with Gasteiger partial charge in [-0.2, -0.15) is 9.94 Å². The summed E-state index contributed by atoms with van der Waals surface area (Å²) in [4.78, 5) is 17.8. The quantitative estimate of drug-likeness (QED) is 0.442. The van der Waals surface area contributed by atoms with Crippen LogP contribution in [0.4, 0.5) is 5.82 Å². The van der Waals surface area contributed by atoms with Gasteiger partial charge in [0, 0.05) is 7.05 Å². The summed E-state index contributed by atoms with van der Waals surface area (Å²) in [6, 6.07) is 18.8. The number of aromatic nitrogens is 5. The van der Waals surface area contributed by atoms with Crippen LogP contribution in [0.3, 0.4) is 0 Å². The van der Waals surface area contributed by atoms with Crippen LogP contribution in [-0.4, -0.2) is 29.6 Å². The molecule has 1 aliphatic rings. The molecule has 5 aromatic rings. The van der Waals surface area contributed by atoms with Gasteiger partial charge in [0.15, 0.2) is 11.3 Å². The molecule has 150 valence electrons. The standard InChI is InChI=1S/C22H16N8O/c1-28-21-16(19-25-14-9-5-6-10-15(14)29(19)22(28)31)20-26-17(12-7-3-2-4-8-12)13(11-23)18(24)30(20)27-21/h2-10,13,17,24,26H,1H3. The van der Waals surface area contributed by atoms with Crippen molar-refractivity contribution in [1.29, 1.82) is 10.7 Å². The van der Waals surface area contributed by atoms with Gasteiger partial charge >= 0.3 is 5.69 Å². The Balaban J connectivity index is 1.73. The third-order valence-electron chi connectivity index (χ3n) is 5.89. The van der Waals surface area contributed by atoms with Crippen molar-refractivity contribution in [1.82, 2.24) is 23.7 Å². The predicted molar refractivity (Wildman–Crippen MR) is 116 cm³/mol. The number of benzene rings is 2. The zero-order valence-corrected chi connectivity index (χ0v) is 16.4. The Morgan fingerprint density at radius 2 is 1.84 bits per heavy atom. The third-order valence-corrected chi connectivity index (χ3v) is 5.89. The number of fused-ring (bicyclic) bond motifs is 7. The molecule has 1 aliphatic heterocycles. The van der Waals surface area contributed by atoms with E-state index in [1.807, 2.05) is 54.6 Å². The van der Waals surface area contributed by atoms with Crippen LogP contribution in [0.15, 0.2) is 59.4 Å². The van der Waals surface area contributed by atoms with E-state index < -0.39 is 12.0 Å². The lowest BCUT2D eigenvalue weighted by molar-refractivity contribution is 0.635. The molecule has 0 radical (unpaired) electrons. The summed E-state index contributed by atoms with van der Waals surface area (Å²) in [7, 11) is 1.65. The van der Waals surface area contributed by atoms with E-state index in [0.29, 0.717) is 33.5 Å². The monoisotopic (exact) mass is 408 g/mol. The Kier molecular flexibility index (Phi) is 3.38. The smallest absolute Gasteiger partial charge is 0.335 e. The van der Waals surface area contributed by atoms with E-state index in [-0.39, 0.29) is 11.5 Å². The van der Waals surface area contributed by atoms with Gasteiger partial charge in [-0.25, -0.2) is 14.2 Å². The molecule has 2 atom stereocenters. The average Bonchev–Trinajstić information content (AvgIpc) is 3.37. The molecule has 0 aliphatic carbocycles. The molecule has 3 aromatic heterocycles. The first-order chi connectivity index (χ1) is 15.1. The first-order valence-corrected chi connectivity index (χ1v) is 9.79. The van der Waals surface area contributed by atoms with E-state index in [4.69, 9.17) is 10.4 Å². The van der Waals surface area contributed by atoms with Gasteiger partial charge in [-0.3, -0.25) is 9.98 Å². The number of hydrogen-bond acceptors (Lipinski definition) is 6. The van der Waals surface area contributed by atoms with E-state index in [1.54, 1.807) is 11.4 Å². The Morgan fingerprint density at radius 3 is 2.61 bits per heavy atom. The SMILES string of the molecule is Cn1c(=O)n2c3ccccc3nc2c2c3n(nc21)C(=N)C(C#N)C(c1ccccc1)N3. The largest absolute Gasteiger partial charge is 0.361 e. The van der Waals surface area contributed by atoms with Crippen LogP contribution in [0.1, 0.15) is 11.6 Å². The van der Waals surface area contributed by atoms with E-state index in [2.05, 4.69) is 16.5 Å². The van der Waals surface area contributed by atoms with Crippen LogP contribution in [0.25, 0.3) is 27.7 Å².